The molecule has 0 fully saturated rings. The van der Waals surface area contributed by atoms with Gasteiger partial charge in [0.25, 0.3) is 0 Å². The number of hydrogen-bond donors (Lipinski definition) is 3. The van der Waals surface area contributed by atoms with Gasteiger partial charge in [-0.15, -0.1) is 0 Å². The number of phenolic OH excluding ortho intramolecular Hbond substituents is 1. The van der Waals surface area contributed by atoms with Crippen LogP contribution in [0, 0.1) is 0 Å². The lowest BCUT2D eigenvalue weighted by Crippen LogP contribution is -2.26. The number of phenols is 1. The fourth-order valence-electron chi connectivity index (χ4n) is 2.24. The summed E-state index contributed by atoms with van der Waals surface area (Å²) >= 11 is 0. The quantitative estimate of drug-likeness (QED) is 0.599. The summed E-state index contributed by atoms with van der Waals surface area (Å²) in [5.74, 6) is -1.40. The molecular weight excluding hydrogens is 304 g/mol. The standard InChI is InChI=1S/C15H22N2O6/c1-16(8-13(18)19)6-10-4-12(23-3)5-11(15(10)22)7-17(2)9-14(20)21/h4-5,22H,6-9H2,1-3H3,(H,18,19)(H,20,21). The van der Waals surface area contributed by atoms with Crippen LogP contribution in [0.25, 0.3) is 0 Å². The zero-order valence-corrected chi connectivity index (χ0v) is 13.4. The Balaban J connectivity index is 3.00. The van der Waals surface area contributed by atoms with Crippen molar-refractivity contribution < 1.29 is 29.6 Å². The number of aromatic hydroxyl groups is 1. The lowest BCUT2D eigenvalue weighted by atomic mass is 10.1. The number of benzene rings is 1. The molecule has 0 aliphatic heterocycles. The Morgan fingerprint density at radius 3 is 1.70 bits per heavy atom. The second kappa shape index (κ2) is 8.35. The number of rotatable bonds is 9. The molecule has 0 heterocycles. The average Bonchev–Trinajstić information content (AvgIpc) is 2.41. The molecule has 0 atom stereocenters. The fraction of sp³-hybridized carbons (Fsp3) is 0.467. The largest absolute Gasteiger partial charge is 0.507 e. The number of likely N-dealkylation sites (N-methyl/N-ethyl adjacent to an activating group) is 2. The highest BCUT2D eigenvalue weighted by molar-refractivity contribution is 5.69. The molecule has 0 unspecified atom stereocenters. The van der Waals surface area contributed by atoms with Crippen LogP contribution in [0.15, 0.2) is 12.1 Å². The van der Waals surface area contributed by atoms with E-state index >= 15 is 0 Å². The van der Waals surface area contributed by atoms with Crippen LogP contribution < -0.4 is 4.74 Å². The minimum atomic E-state index is -0.962. The Labute approximate surface area is 134 Å². The van der Waals surface area contributed by atoms with Crippen LogP contribution in [-0.4, -0.2) is 71.4 Å². The first-order valence-electron chi connectivity index (χ1n) is 6.92. The molecule has 0 aliphatic carbocycles. The maximum absolute atomic E-state index is 10.7. The molecule has 0 aromatic heterocycles. The van der Waals surface area contributed by atoms with Crippen molar-refractivity contribution in [3.05, 3.63) is 23.3 Å². The Bertz CT molecular complexity index is 530. The van der Waals surface area contributed by atoms with Crippen LogP contribution in [0.2, 0.25) is 0 Å². The normalized spacial score (nSPS) is 11.0. The number of carbonyl (C=O) groups is 2. The van der Waals surface area contributed by atoms with E-state index in [-0.39, 0.29) is 31.9 Å². The Morgan fingerprint density at radius 1 is 1.00 bits per heavy atom. The van der Waals surface area contributed by atoms with E-state index in [0.717, 1.165) is 0 Å². The maximum Gasteiger partial charge on any atom is 0.317 e. The second-order valence-electron chi connectivity index (χ2n) is 5.43. The predicted octanol–water partition coefficient (Wildman–Crippen LogP) is 0.434. The van der Waals surface area contributed by atoms with Gasteiger partial charge in [0.1, 0.15) is 11.5 Å². The minimum absolute atomic E-state index is 0.0141. The number of aliphatic carboxylic acids is 2. The topological polar surface area (TPSA) is 111 Å². The van der Waals surface area contributed by atoms with Gasteiger partial charge in [0.15, 0.2) is 0 Å². The van der Waals surface area contributed by atoms with E-state index in [4.69, 9.17) is 14.9 Å². The van der Waals surface area contributed by atoms with Gasteiger partial charge in [-0.3, -0.25) is 19.4 Å². The van der Waals surface area contributed by atoms with E-state index in [1.807, 2.05) is 0 Å². The number of nitrogens with zero attached hydrogens (tertiary/aromatic N) is 2. The number of ether oxygens (including phenoxy) is 1. The van der Waals surface area contributed by atoms with E-state index in [1.165, 1.54) is 7.11 Å². The Hall–Kier alpha value is -2.32. The fourth-order valence-corrected chi connectivity index (χ4v) is 2.24. The van der Waals surface area contributed by atoms with Crippen LogP contribution in [0.4, 0.5) is 0 Å². The summed E-state index contributed by atoms with van der Waals surface area (Å²) in [5.41, 5.74) is 1.04. The highest BCUT2D eigenvalue weighted by Gasteiger charge is 2.16. The third-order valence-corrected chi connectivity index (χ3v) is 3.17. The van der Waals surface area contributed by atoms with Gasteiger partial charge in [0.2, 0.25) is 0 Å². The Kier molecular flexibility index (Phi) is 6.80. The highest BCUT2D eigenvalue weighted by Crippen LogP contribution is 2.30. The van der Waals surface area contributed by atoms with Crippen molar-refractivity contribution in [3.63, 3.8) is 0 Å². The summed E-state index contributed by atoms with van der Waals surface area (Å²) in [6.07, 6.45) is 0. The molecule has 1 aromatic rings. The molecule has 0 bridgehead atoms. The molecule has 1 aromatic carbocycles. The zero-order chi connectivity index (χ0) is 17.6. The summed E-state index contributed by atoms with van der Waals surface area (Å²) in [6, 6.07) is 3.27. The van der Waals surface area contributed by atoms with Gasteiger partial charge in [0, 0.05) is 24.2 Å². The molecule has 1 rings (SSSR count). The molecule has 0 aliphatic rings. The van der Waals surface area contributed by atoms with Crippen molar-refractivity contribution in [1.29, 1.82) is 0 Å². The van der Waals surface area contributed by atoms with Crippen molar-refractivity contribution in [3.8, 4) is 11.5 Å². The van der Waals surface area contributed by atoms with E-state index in [0.29, 0.717) is 16.9 Å². The van der Waals surface area contributed by atoms with Gasteiger partial charge in [-0.1, -0.05) is 0 Å². The maximum atomic E-state index is 10.7. The summed E-state index contributed by atoms with van der Waals surface area (Å²) in [5, 5.41) is 28.0. The lowest BCUT2D eigenvalue weighted by Gasteiger charge is -2.20. The van der Waals surface area contributed by atoms with E-state index < -0.39 is 11.9 Å². The Morgan fingerprint density at radius 2 is 1.39 bits per heavy atom. The molecule has 0 spiro atoms. The van der Waals surface area contributed by atoms with Crippen molar-refractivity contribution in [2.45, 2.75) is 13.1 Å². The molecule has 0 radical (unpaired) electrons. The molecule has 0 amide bonds. The van der Waals surface area contributed by atoms with Crippen LogP contribution >= 0.6 is 0 Å². The summed E-state index contributed by atoms with van der Waals surface area (Å²) < 4.78 is 5.20. The molecular formula is C15H22N2O6. The minimum Gasteiger partial charge on any atom is -0.507 e. The number of methoxy groups -OCH3 is 1. The van der Waals surface area contributed by atoms with E-state index in [9.17, 15) is 14.7 Å². The molecule has 0 saturated heterocycles. The van der Waals surface area contributed by atoms with Crippen LogP contribution in [0.3, 0.4) is 0 Å². The SMILES string of the molecule is COc1cc(CN(C)CC(=O)O)c(O)c(CN(C)CC(=O)O)c1. The second-order valence-corrected chi connectivity index (χ2v) is 5.43. The van der Waals surface area contributed by atoms with Crippen molar-refractivity contribution >= 4 is 11.9 Å². The lowest BCUT2D eigenvalue weighted by molar-refractivity contribution is -0.139. The van der Waals surface area contributed by atoms with Gasteiger partial charge in [-0.25, -0.2) is 0 Å². The molecule has 8 heteroatoms. The highest BCUT2D eigenvalue weighted by atomic mass is 16.5. The monoisotopic (exact) mass is 326 g/mol. The first-order chi connectivity index (χ1) is 10.7. The average molecular weight is 326 g/mol. The third kappa shape index (κ3) is 6.13. The molecule has 128 valence electrons. The van der Waals surface area contributed by atoms with Crippen LogP contribution in [0.1, 0.15) is 11.1 Å². The van der Waals surface area contributed by atoms with Gasteiger partial charge in [0.05, 0.1) is 20.2 Å². The van der Waals surface area contributed by atoms with Crippen LogP contribution in [0.5, 0.6) is 11.5 Å². The summed E-state index contributed by atoms with van der Waals surface area (Å²) in [7, 11) is 4.74. The number of carboxylic acids is 2. The molecule has 3 N–H and O–H groups in total. The summed E-state index contributed by atoms with van der Waals surface area (Å²) in [6.45, 7) is 0.131. The third-order valence-electron chi connectivity index (χ3n) is 3.17. The van der Waals surface area contributed by atoms with Crippen molar-refractivity contribution in [2.24, 2.45) is 0 Å². The van der Waals surface area contributed by atoms with E-state index in [1.54, 1.807) is 36.0 Å². The molecule has 8 nitrogen and oxygen atoms in total. The number of carboxylic acid groups (broad SMARTS) is 2. The van der Waals surface area contributed by atoms with E-state index in [2.05, 4.69) is 0 Å². The zero-order valence-electron chi connectivity index (χ0n) is 13.4. The first-order valence-corrected chi connectivity index (χ1v) is 6.92. The van der Waals surface area contributed by atoms with Gasteiger partial charge >= 0.3 is 11.9 Å². The van der Waals surface area contributed by atoms with Gasteiger partial charge < -0.3 is 20.1 Å². The number of hydrogen-bond acceptors (Lipinski definition) is 6. The smallest absolute Gasteiger partial charge is 0.317 e. The summed E-state index contributed by atoms with van der Waals surface area (Å²) in [4.78, 5) is 24.6. The first kappa shape index (κ1) is 18.7. The molecule has 0 saturated carbocycles. The predicted molar refractivity (Wildman–Crippen MR) is 82.6 cm³/mol. The van der Waals surface area contributed by atoms with Crippen LogP contribution in [-0.2, 0) is 22.7 Å². The van der Waals surface area contributed by atoms with Crippen molar-refractivity contribution in [2.75, 3.05) is 34.3 Å². The van der Waals surface area contributed by atoms with Crippen molar-refractivity contribution in [1.82, 2.24) is 9.80 Å². The van der Waals surface area contributed by atoms with Gasteiger partial charge in [-0.05, 0) is 26.2 Å². The molecule has 23 heavy (non-hydrogen) atoms. The van der Waals surface area contributed by atoms with Gasteiger partial charge in [-0.2, -0.15) is 0 Å².